The van der Waals surface area contributed by atoms with E-state index in [1.807, 2.05) is 18.2 Å². The maximum atomic E-state index is 13.0. The number of hydrogen-bond acceptors (Lipinski definition) is 3. The molecule has 5 nitrogen and oxygen atoms in total. The molecule has 3 rings (SSSR count). The molecule has 0 heterocycles. The van der Waals surface area contributed by atoms with Gasteiger partial charge in [0, 0.05) is 21.1 Å². The predicted octanol–water partition coefficient (Wildman–Crippen LogP) is 3.35. The van der Waals surface area contributed by atoms with Crippen LogP contribution >= 0.6 is 11.6 Å². The number of nitrogens with zero attached hydrogens (tertiary/aromatic N) is 2. The Kier molecular flexibility index (Phi) is 5.10. The Labute approximate surface area is 159 Å². The summed E-state index contributed by atoms with van der Waals surface area (Å²) in [6.45, 7) is 0. The van der Waals surface area contributed by atoms with E-state index in [0.717, 1.165) is 22.7 Å². The third kappa shape index (κ3) is 3.24. The van der Waals surface area contributed by atoms with Crippen molar-refractivity contribution in [3.8, 4) is 0 Å². The van der Waals surface area contributed by atoms with E-state index in [2.05, 4.69) is 6.07 Å². The highest BCUT2D eigenvalue weighted by Crippen LogP contribution is 2.36. The molecule has 1 aliphatic carbocycles. The van der Waals surface area contributed by atoms with Gasteiger partial charge >= 0.3 is 0 Å². The van der Waals surface area contributed by atoms with Crippen LogP contribution in [0.3, 0.4) is 0 Å². The van der Waals surface area contributed by atoms with Crippen molar-refractivity contribution >= 4 is 27.5 Å². The Morgan fingerprint density at radius 3 is 2.50 bits per heavy atom. The number of fused-ring (bicyclic) bond motifs is 1. The van der Waals surface area contributed by atoms with E-state index in [9.17, 15) is 13.2 Å². The lowest BCUT2D eigenvalue weighted by molar-refractivity contribution is 0.0730. The molecule has 0 aromatic heterocycles. The van der Waals surface area contributed by atoms with Gasteiger partial charge in [-0.05, 0) is 42.2 Å². The maximum absolute atomic E-state index is 13.0. The van der Waals surface area contributed by atoms with Crippen LogP contribution in [0, 0.1) is 0 Å². The molecule has 26 heavy (non-hydrogen) atoms. The highest BCUT2D eigenvalue weighted by atomic mass is 35.5. The Bertz CT molecular complexity index is 957. The number of benzene rings is 2. The van der Waals surface area contributed by atoms with E-state index in [1.165, 1.54) is 37.9 Å². The van der Waals surface area contributed by atoms with Gasteiger partial charge in [-0.2, -0.15) is 0 Å². The van der Waals surface area contributed by atoms with E-state index in [-0.39, 0.29) is 27.4 Å². The lowest BCUT2D eigenvalue weighted by Crippen LogP contribution is -2.30. The average molecular weight is 393 g/mol. The molecule has 1 amide bonds. The molecule has 2 aromatic rings. The lowest BCUT2D eigenvalue weighted by Gasteiger charge is -2.26. The molecular formula is C19H21ClN2O3S. The molecule has 0 aliphatic heterocycles. The Morgan fingerprint density at radius 2 is 1.81 bits per heavy atom. The molecule has 0 radical (unpaired) electrons. The average Bonchev–Trinajstić information content (AvgIpc) is 3.04. The summed E-state index contributed by atoms with van der Waals surface area (Å²) < 4.78 is 25.8. The molecular weight excluding hydrogens is 372 g/mol. The Morgan fingerprint density at radius 1 is 1.12 bits per heavy atom. The van der Waals surface area contributed by atoms with Crippen LogP contribution in [0.15, 0.2) is 47.4 Å². The highest BCUT2D eigenvalue weighted by molar-refractivity contribution is 7.89. The quantitative estimate of drug-likeness (QED) is 0.801. The summed E-state index contributed by atoms with van der Waals surface area (Å²) in [5, 5.41) is 0.242. The van der Waals surface area contributed by atoms with Gasteiger partial charge in [0.05, 0.1) is 21.5 Å². The van der Waals surface area contributed by atoms with Gasteiger partial charge in [0.2, 0.25) is 10.0 Å². The summed E-state index contributed by atoms with van der Waals surface area (Å²) in [5.41, 5.74) is 2.57. The summed E-state index contributed by atoms with van der Waals surface area (Å²) in [5.74, 6) is -0.285. The number of amides is 1. The molecule has 1 aliphatic rings. The molecule has 138 valence electrons. The third-order valence-corrected chi connectivity index (χ3v) is 6.98. The zero-order chi connectivity index (χ0) is 19.1. The van der Waals surface area contributed by atoms with Crippen molar-refractivity contribution in [3.63, 3.8) is 0 Å². The molecule has 2 aromatic carbocycles. The maximum Gasteiger partial charge on any atom is 0.255 e. The number of aryl methyl sites for hydroxylation is 1. The second-order valence-electron chi connectivity index (χ2n) is 6.60. The first kappa shape index (κ1) is 18.9. The van der Waals surface area contributed by atoms with Crippen LogP contribution in [0.4, 0.5) is 0 Å². The first-order valence-electron chi connectivity index (χ1n) is 8.30. The monoisotopic (exact) mass is 392 g/mol. The van der Waals surface area contributed by atoms with Crippen LogP contribution in [0.25, 0.3) is 0 Å². The first-order chi connectivity index (χ1) is 12.2. The van der Waals surface area contributed by atoms with Crippen LogP contribution in [0.2, 0.25) is 5.02 Å². The topological polar surface area (TPSA) is 57.7 Å². The second-order valence-corrected chi connectivity index (χ2v) is 9.16. The van der Waals surface area contributed by atoms with Crippen LogP contribution in [0.1, 0.15) is 33.9 Å². The number of hydrogen-bond donors (Lipinski definition) is 0. The summed E-state index contributed by atoms with van der Waals surface area (Å²) >= 11 is 6.22. The zero-order valence-electron chi connectivity index (χ0n) is 14.9. The number of sulfonamides is 1. The van der Waals surface area contributed by atoms with Crippen LogP contribution in [-0.2, 0) is 16.4 Å². The van der Waals surface area contributed by atoms with E-state index in [4.69, 9.17) is 11.6 Å². The highest BCUT2D eigenvalue weighted by Gasteiger charge is 2.30. The van der Waals surface area contributed by atoms with Gasteiger partial charge in [-0.3, -0.25) is 4.79 Å². The fourth-order valence-corrected chi connectivity index (χ4v) is 4.43. The van der Waals surface area contributed by atoms with Crippen molar-refractivity contribution in [2.45, 2.75) is 23.8 Å². The largest absolute Gasteiger partial charge is 0.335 e. The molecule has 7 heteroatoms. The van der Waals surface area contributed by atoms with Gasteiger partial charge in [0.25, 0.3) is 5.91 Å². The smallest absolute Gasteiger partial charge is 0.255 e. The molecule has 0 N–H and O–H groups in total. The number of rotatable bonds is 4. The Balaban J connectivity index is 1.96. The summed E-state index contributed by atoms with van der Waals surface area (Å²) in [6.07, 6.45) is 1.76. The minimum absolute atomic E-state index is 0.0381. The molecule has 0 fully saturated rings. The third-order valence-electron chi connectivity index (χ3n) is 4.84. The van der Waals surface area contributed by atoms with Crippen LogP contribution in [-0.4, -0.2) is 44.7 Å². The van der Waals surface area contributed by atoms with Crippen molar-refractivity contribution in [2.24, 2.45) is 0 Å². The molecule has 1 unspecified atom stereocenters. The molecule has 0 saturated carbocycles. The number of carbonyl (C=O) groups excluding carboxylic acids is 1. The standard InChI is InChI=1S/C19H21ClN2O3S/c1-21(2)26(24,25)14-9-10-17(20)16(12-14)19(23)22(3)18-11-8-13-6-4-5-7-15(13)18/h4-7,9-10,12,18H,8,11H2,1-3H3. The minimum Gasteiger partial charge on any atom is -0.335 e. The lowest BCUT2D eigenvalue weighted by atomic mass is 10.1. The van der Waals surface area contributed by atoms with Crippen molar-refractivity contribution in [3.05, 3.63) is 64.2 Å². The summed E-state index contributed by atoms with van der Waals surface area (Å²) in [6, 6.07) is 12.3. The van der Waals surface area contributed by atoms with E-state index in [1.54, 1.807) is 11.9 Å². The van der Waals surface area contributed by atoms with Gasteiger partial charge < -0.3 is 4.90 Å². The predicted molar refractivity (Wildman–Crippen MR) is 102 cm³/mol. The SMILES string of the molecule is CN(C(=O)c1cc(S(=O)(=O)N(C)C)ccc1Cl)C1CCc2ccccc21. The summed E-state index contributed by atoms with van der Waals surface area (Å²) in [7, 11) is 0.998. The molecule has 1 atom stereocenters. The molecule has 0 bridgehead atoms. The van der Waals surface area contributed by atoms with E-state index < -0.39 is 10.0 Å². The van der Waals surface area contributed by atoms with E-state index in [0.29, 0.717) is 0 Å². The van der Waals surface area contributed by atoms with Gasteiger partial charge in [0.1, 0.15) is 0 Å². The van der Waals surface area contributed by atoms with Gasteiger partial charge in [-0.25, -0.2) is 12.7 Å². The van der Waals surface area contributed by atoms with Gasteiger partial charge in [0.15, 0.2) is 0 Å². The van der Waals surface area contributed by atoms with Crippen molar-refractivity contribution in [1.82, 2.24) is 9.21 Å². The number of halogens is 1. The molecule has 0 saturated heterocycles. The van der Waals surface area contributed by atoms with Gasteiger partial charge in [-0.1, -0.05) is 35.9 Å². The van der Waals surface area contributed by atoms with Crippen LogP contribution in [0.5, 0.6) is 0 Å². The fourth-order valence-electron chi connectivity index (χ4n) is 3.31. The van der Waals surface area contributed by atoms with Crippen LogP contribution < -0.4 is 0 Å². The summed E-state index contributed by atoms with van der Waals surface area (Å²) in [4.78, 5) is 14.7. The van der Waals surface area contributed by atoms with E-state index >= 15 is 0 Å². The second kappa shape index (κ2) is 7.02. The Hall–Kier alpha value is -1.89. The minimum atomic E-state index is -3.64. The van der Waals surface area contributed by atoms with Crippen molar-refractivity contribution < 1.29 is 13.2 Å². The zero-order valence-corrected chi connectivity index (χ0v) is 16.5. The molecule has 0 spiro atoms. The van der Waals surface area contributed by atoms with Crippen molar-refractivity contribution in [2.75, 3.05) is 21.1 Å². The number of carbonyl (C=O) groups is 1. The van der Waals surface area contributed by atoms with Crippen molar-refractivity contribution in [1.29, 1.82) is 0 Å². The first-order valence-corrected chi connectivity index (χ1v) is 10.1. The van der Waals surface area contributed by atoms with Gasteiger partial charge in [-0.15, -0.1) is 0 Å². The normalized spacial score (nSPS) is 16.6. The fraction of sp³-hybridized carbons (Fsp3) is 0.316.